The summed E-state index contributed by atoms with van der Waals surface area (Å²) in [6.07, 6.45) is 1.25. The van der Waals surface area contributed by atoms with Gasteiger partial charge in [-0.05, 0) is 36.2 Å². The van der Waals surface area contributed by atoms with Gasteiger partial charge in [0.05, 0.1) is 5.00 Å². The second-order valence-corrected chi connectivity index (χ2v) is 7.26. The Morgan fingerprint density at radius 1 is 1.27 bits per heavy atom. The smallest absolute Gasteiger partial charge is 0.346 e. The van der Waals surface area contributed by atoms with Crippen LogP contribution in [0.2, 0.25) is 0 Å². The van der Waals surface area contributed by atoms with Gasteiger partial charge in [0.1, 0.15) is 16.5 Å². The number of aryl methyl sites for hydroxylation is 1. The van der Waals surface area contributed by atoms with Crippen molar-refractivity contribution >= 4 is 22.3 Å². The molecule has 1 aromatic carbocycles. The van der Waals surface area contributed by atoms with Crippen LogP contribution in [0.1, 0.15) is 41.1 Å². The van der Waals surface area contributed by atoms with E-state index in [1.807, 2.05) is 11.0 Å². The summed E-state index contributed by atoms with van der Waals surface area (Å²) < 4.78 is 13.0. The topological polar surface area (TPSA) is 43.8 Å². The molecule has 0 saturated carbocycles. The van der Waals surface area contributed by atoms with Crippen LogP contribution in [0, 0.1) is 12.7 Å². The molecule has 1 saturated heterocycles. The fourth-order valence-electron chi connectivity index (χ4n) is 2.68. The Labute approximate surface area is 158 Å². The van der Waals surface area contributed by atoms with Crippen molar-refractivity contribution in [3.63, 3.8) is 0 Å². The molecule has 0 atom stereocenters. The molecule has 4 nitrogen and oxygen atoms in total. The van der Waals surface area contributed by atoms with Gasteiger partial charge in [-0.25, -0.2) is 9.18 Å². The third kappa shape index (κ3) is 4.64. The highest BCUT2D eigenvalue weighted by atomic mass is 32.1. The van der Waals surface area contributed by atoms with Crippen LogP contribution in [0.4, 0.5) is 9.39 Å². The Hall–Kier alpha value is -2.34. The van der Waals surface area contributed by atoms with Crippen LogP contribution in [0.15, 0.2) is 42.7 Å². The minimum Gasteiger partial charge on any atom is -0.477 e. The van der Waals surface area contributed by atoms with Crippen LogP contribution in [0.3, 0.4) is 0 Å². The molecule has 0 aliphatic carbocycles. The molecule has 0 spiro atoms. The Bertz CT molecular complexity index is 771. The molecule has 1 aliphatic rings. The van der Waals surface area contributed by atoms with Crippen molar-refractivity contribution < 1.29 is 14.3 Å². The van der Waals surface area contributed by atoms with E-state index < -0.39 is 5.97 Å². The fraction of sp³-hybridized carbons (Fsp3) is 0.350. The molecule has 26 heavy (non-hydrogen) atoms. The number of carboxylic acids is 1. The van der Waals surface area contributed by atoms with Crippen LogP contribution in [0.5, 0.6) is 0 Å². The molecule has 1 N–H and O–H groups in total. The lowest BCUT2D eigenvalue weighted by molar-refractivity contribution is 0.0701. The minimum absolute atomic E-state index is 0.245. The maximum absolute atomic E-state index is 13.0. The van der Waals surface area contributed by atoms with E-state index in [2.05, 4.69) is 25.3 Å². The zero-order valence-corrected chi connectivity index (χ0v) is 16.3. The van der Waals surface area contributed by atoms with E-state index in [1.54, 1.807) is 19.1 Å². The normalized spacial score (nSPS) is 13.6. The number of anilines is 1. The number of carbonyl (C=O) groups is 1. The third-order valence-corrected chi connectivity index (χ3v) is 5.17. The highest BCUT2D eigenvalue weighted by Gasteiger charge is 2.26. The number of hydrogen-bond acceptors (Lipinski definition) is 4. The monoisotopic (exact) mass is 376 g/mol. The molecule has 140 valence electrons. The van der Waals surface area contributed by atoms with E-state index in [0.717, 1.165) is 35.0 Å². The van der Waals surface area contributed by atoms with Crippen LogP contribution >= 0.6 is 11.3 Å². The average molecular weight is 376 g/mol. The summed E-state index contributed by atoms with van der Waals surface area (Å²) in [5.74, 6) is -0.301. The summed E-state index contributed by atoms with van der Waals surface area (Å²) in [5.41, 5.74) is 1.78. The summed E-state index contributed by atoms with van der Waals surface area (Å²) in [5, 5.41) is 10.1. The molecule has 2 aromatic rings. The van der Waals surface area contributed by atoms with Gasteiger partial charge in [0.15, 0.2) is 0 Å². The first-order chi connectivity index (χ1) is 12.4. The minimum atomic E-state index is -0.897. The van der Waals surface area contributed by atoms with Crippen molar-refractivity contribution in [3.8, 4) is 0 Å². The number of rotatable bonds is 4. The Morgan fingerprint density at radius 3 is 2.42 bits per heavy atom. The summed E-state index contributed by atoms with van der Waals surface area (Å²) in [6.45, 7) is 12.4. The summed E-state index contributed by atoms with van der Waals surface area (Å²) in [6, 6.07) is 8.33. The fourth-order valence-corrected chi connectivity index (χ4v) is 3.74. The Kier molecular flexibility index (Phi) is 6.80. The molecule has 1 aromatic heterocycles. The van der Waals surface area contributed by atoms with Crippen molar-refractivity contribution in [2.24, 2.45) is 0 Å². The van der Waals surface area contributed by atoms with Gasteiger partial charge in [-0.3, -0.25) is 0 Å². The first-order valence-corrected chi connectivity index (χ1v) is 9.48. The van der Waals surface area contributed by atoms with E-state index in [1.165, 1.54) is 29.9 Å². The van der Waals surface area contributed by atoms with Gasteiger partial charge in [0.25, 0.3) is 0 Å². The molecule has 0 bridgehead atoms. The Morgan fingerprint density at radius 2 is 1.88 bits per heavy atom. The first kappa shape index (κ1) is 20.0. The average Bonchev–Trinajstić information content (AvgIpc) is 3.14. The van der Waals surface area contributed by atoms with Gasteiger partial charge < -0.3 is 14.9 Å². The lowest BCUT2D eigenvalue weighted by atomic mass is 10.2. The zero-order chi connectivity index (χ0) is 19.3. The molecule has 0 radical (unpaired) electrons. The van der Waals surface area contributed by atoms with Crippen LogP contribution in [-0.4, -0.2) is 29.1 Å². The molecule has 1 fully saturated rings. The number of benzene rings is 1. The van der Waals surface area contributed by atoms with E-state index >= 15 is 0 Å². The van der Waals surface area contributed by atoms with Crippen LogP contribution in [-0.2, 0) is 6.54 Å². The predicted octanol–water partition coefficient (Wildman–Crippen LogP) is 5.10. The molecular formula is C20H25FN2O2S. The number of thiophene rings is 1. The van der Waals surface area contributed by atoms with Gasteiger partial charge in [-0.1, -0.05) is 39.0 Å². The van der Waals surface area contributed by atoms with Crippen molar-refractivity contribution in [1.82, 2.24) is 4.90 Å². The lowest BCUT2D eigenvalue weighted by Gasteiger charge is -2.22. The molecule has 0 unspecified atom stereocenters. The largest absolute Gasteiger partial charge is 0.477 e. The summed E-state index contributed by atoms with van der Waals surface area (Å²) in [7, 11) is 0. The van der Waals surface area contributed by atoms with Crippen molar-refractivity contribution in [2.75, 3.05) is 18.0 Å². The maximum Gasteiger partial charge on any atom is 0.346 e. The van der Waals surface area contributed by atoms with Crippen molar-refractivity contribution in [1.29, 1.82) is 0 Å². The summed E-state index contributed by atoms with van der Waals surface area (Å²) in [4.78, 5) is 15.7. The quantitative estimate of drug-likeness (QED) is 0.806. The van der Waals surface area contributed by atoms with E-state index in [0.29, 0.717) is 11.4 Å². The van der Waals surface area contributed by atoms with Gasteiger partial charge in [0.2, 0.25) is 0 Å². The second kappa shape index (κ2) is 8.85. The van der Waals surface area contributed by atoms with Crippen molar-refractivity contribution in [2.45, 2.75) is 33.7 Å². The maximum atomic E-state index is 13.0. The zero-order valence-electron chi connectivity index (χ0n) is 15.5. The SMILES string of the molecule is C=C1N(Cc2ccc(F)cc2)CCN1c1cc(C)c(C(=O)O)s1.CCC. The van der Waals surface area contributed by atoms with E-state index in [9.17, 15) is 14.3 Å². The first-order valence-electron chi connectivity index (χ1n) is 8.66. The van der Waals surface area contributed by atoms with Gasteiger partial charge >= 0.3 is 5.97 Å². The second-order valence-electron chi connectivity index (χ2n) is 6.22. The van der Waals surface area contributed by atoms with E-state index in [-0.39, 0.29) is 5.82 Å². The molecule has 6 heteroatoms. The highest BCUT2D eigenvalue weighted by molar-refractivity contribution is 7.18. The van der Waals surface area contributed by atoms with Crippen molar-refractivity contribution in [3.05, 3.63) is 64.6 Å². The van der Waals surface area contributed by atoms with Gasteiger partial charge in [0, 0.05) is 19.6 Å². The number of aromatic carboxylic acids is 1. The molecule has 1 aliphatic heterocycles. The third-order valence-electron chi connectivity index (χ3n) is 3.92. The highest BCUT2D eigenvalue weighted by Crippen LogP contribution is 2.35. The van der Waals surface area contributed by atoms with E-state index in [4.69, 9.17) is 0 Å². The number of nitrogens with zero attached hydrogens (tertiary/aromatic N) is 2. The predicted molar refractivity (Wildman–Crippen MR) is 105 cm³/mol. The standard InChI is InChI=1S/C17H17FN2O2S.C3H8/c1-11-9-15(23-16(11)17(21)22)20-8-7-19(12(20)2)10-13-3-5-14(18)6-4-13;1-3-2/h3-6,9H,2,7-8,10H2,1H3,(H,21,22);3H2,1-2H3. The summed E-state index contributed by atoms with van der Waals surface area (Å²) >= 11 is 1.27. The molecule has 2 heterocycles. The number of carboxylic acid groups (broad SMARTS) is 1. The van der Waals surface area contributed by atoms with Gasteiger partial charge in [-0.2, -0.15) is 0 Å². The molecular weight excluding hydrogens is 351 g/mol. The molecule has 3 rings (SSSR count). The lowest BCUT2D eigenvalue weighted by Crippen LogP contribution is -2.21. The number of halogens is 1. The molecule has 0 amide bonds. The number of hydrogen-bond donors (Lipinski definition) is 1. The van der Waals surface area contributed by atoms with Crippen LogP contribution < -0.4 is 4.90 Å². The Balaban J connectivity index is 0.000000758. The van der Waals surface area contributed by atoms with Crippen LogP contribution in [0.25, 0.3) is 0 Å². The van der Waals surface area contributed by atoms with Gasteiger partial charge in [-0.15, -0.1) is 11.3 Å².